The van der Waals surface area contributed by atoms with E-state index in [1.54, 1.807) is 29.9 Å². The molecule has 1 amide bonds. The number of aromatic nitrogens is 1. The summed E-state index contributed by atoms with van der Waals surface area (Å²) in [5.41, 5.74) is 3.84. The highest BCUT2D eigenvalue weighted by molar-refractivity contribution is 9.10. The Labute approximate surface area is 166 Å². The molecule has 0 aliphatic rings. The second-order valence-corrected chi connectivity index (χ2v) is 7.88. The highest BCUT2D eigenvalue weighted by atomic mass is 79.9. The summed E-state index contributed by atoms with van der Waals surface area (Å²) >= 11 is 5.22. The predicted molar refractivity (Wildman–Crippen MR) is 112 cm³/mol. The smallest absolute Gasteiger partial charge is 0.258 e. The highest BCUT2D eigenvalue weighted by Gasteiger charge is 2.14. The van der Waals surface area contributed by atoms with E-state index in [9.17, 15) is 4.79 Å². The molecule has 132 valence electrons. The second-order valence-electron chi connectivity index (χ2n) is 5.97. The number of amides is 1. The van der Waals surface area contributed by atoms with Gasteiger partial charge in [0.25, 0.3) is 5.91 Å². The Morgan fingerprint density at radius 2 is 1.92 bits per heavy atom. The van der Waals surface area contributed by atoms with Crippen molar-refractivity contribution in [3.63, 3.8) is 0 Å². The van der Waals surface area contributed by atoms with E-state index in [1.807, 2.05) is 61.7 Å². The standard InChI is InChI=1S/C21H19BrN2OS/c1-15-12-18(7-10-20(15)22)24(2)21(25)17-5-8-19(9-6-17)26-14-16-4-3-11-23-13-16/h3-13H,14H2,1-2H3. The van der Waals surface area contributed by atoms with Crippen molar-refractivity contribution >= 4 is 39.3 Å². The molecule has 0 aliphatic heterocycles. The third-order valence-electron chi connectivity index (χ3n) is 4.06. The quantitative estimate of drug-likeness (QED) is 0.488. The van der Waals surface area contributed by atoms with Crippen LogP contribution in [0.15, 0.2) is 76.4 Å². The monoisotopic (exact) mass is 426 g/mol. The van der Waals surface area contributed by atoms with E-state index < -0.39 is 0 Å². The fourth-order valence-electron chi connectivity index (χ4n) is 2.49. The van der Waals surface area contributed by atoms with Gasteiger partial charge in [0.1, 0.15) is 0 Å². The van der Waals surface area contributed by atoms with Gasteiger partial charge in [0.15, 0.2) is 0 Å². The lowest BCUT2D eigenvalue weighted by Crippen LogP contribution is -2.26. The molecule has 0 radical (unpaired) electrons. The molecule has 0 bridgehead atoms. The van der Waals surface area contributed by atoms with Gasteiger partial charge in [0, 0.05) is 45.8 Å². The molecule has 0 N–H and O–H groups in total. The molecule has 0 saturated carbocycles. The van der Waals surface area contributed by atoms with Crippen LogP contribution in [-0.4, -0.2) is 17.9 Å². The van der Waals surface area contributed by atoms with Crippen molar-refractivity contribution in [2.75, 3.05) is 11.9 Å². The molecule has 0 atom stereocenters. The molecule has 0 aliphatic carbocycles. The molecule has 1 heterocycles. The van der Waals surface area contributed by atoms with E-state index in [0.29, 0.717) is 5.56 Å². The lowest BCUT2D eigenvalue weighted by molar-refractivity contribution is 0.0993. The number of carbonyl (C=O) groups is 1. The van der Waals surface area contributed by atoms with Crippen molar-refractivity contribution in [1.82, 2.24) is 4.98 Å². The number of pyridine rings is 1. The van der Waals surface area contributed by atoms with Gasteiger partial charge in [0.05, 0.1) is 0 Å². The number of rotatable bonds is 5. The number of thioether (sulfide) groups is 1. The van der Waals surface area contributed by atoms with Crippen molar-refractivity contribution in [1.29, 1.82) is 0 Å². The topological polar surface area (TPSA) is 33.2 Å². The maximum absolute atomic E-state index is 12.7. The zero-order valence-corrected chi connectivity index (χ0v) is 17.0. The molecule has 0 unspecified atom stereocenters. The molecule has 3 aromatic rings. The van der Waals surface area contributed by atoms with E-state index in [2.05, 4.69) is 27.0 Å². The largest absolute Gasteiger partial charge is 0.311 e. The number of carbonyl (C=O) groups excluding carboxylic acids is 1. The van der Waals surface area contributed by atoms with Gasteiger partial charge in [-0.3, -0.25) is 9.78 Å². The van der Waals surface area contributed by atoms with Crippen LogP contribution in [0.1, 0.15) is 21.5 Å². The first-order chi connectivity index (χ1) is 12.5. The normalized spacial score (nSPS) is 10.6. The minimum absolute atomic E-state index is 0.0180. The van der Waals surface area contributed by atoms with E-state index in [4.69, 9.17) is 0 Å². The van der Waals surface area contributed by atoms with Gasteiger partial charge in [-0.1, -0.05) is 22.0 Å². The molecule has 5 heteroatoms. The molecule has 3 rings (SSSR count). The third kappa shape index (κ3) is 4.54. The van der Waals surface area contributed by atoms with E-state index in [1.165, 1.54) is 5.56 Å². The first kappa shape index (κ1) is 18.7. The van der Waals surface area contributed by atoms with Gasteiger partial charge in [-0.25, -0.2) is 0 Å². The van der Waals surface area contributed by atoms with Crippen molar-refractivity contribution < 1.29 is 4.79 Å². The Morgan fingerprint density at radius 3 is 2.58 bits per heavy atom. The van der Waals surface area contributed by atoms with Crippen LogP contribution in [0.5, 0.6) is 0 Å². The summed E-state index contributed by atoms with van der Waals surface area (Å²) in [5.74, 6) is 0.842. The Hall–Kier alpha value is -2.11. The molecule has 26 heavy (non-hydrogen) atoms. The van der Waals surface area contributed by atoms with Gasteiger partial charge >= 0.3 is 0 Å². The third-order valence-corrected chi connectivity index (χ3v) is 6.04. The van der Waals surface area contributed by atoms with Crippen LogP contribution >= 0.6 is 27.7 Å². The van der Waals surface area contributed by atoms with Crippen molar-refractivity contribution in [3.8, 4) is 0 Å². The lowest BCUT2D eigenvalue weighted by atomic mass is 10.1. The van der Waals surface area contributed by atoms with Crippen LogP contribution in [0, 0.1) is 6.92 Å². The Kier molecular flexibility index (Phi) is 6.12. The summed E-state index contributed by atoms with van der Waals surface area (Å²) in [6.45, 7) is 2.01. The Balaban J connectivity index is 1.67. The van der Waals surface area contributed by atoms with Crippen LogP contribution in [0.3, 0.4) is 0 Å². The van der Waals surface area contributed by atoms with E-state index in [0.717, 1.165) is 26.4 Å². The number of nitrogens with zero attached hydrogens (tertiary/aromatic N) is 2. The molecule has 1 aromatic heterocycles. The summed E-state index contributed by atoms with van der Waals surface area (Å²) in [7, 11) is 1.80. The number of halogens is 1. The molecule has 0 fully saturated rings. The minimum atomic E-state index is -0.0180. The molecular weight excluding hydrogens is 408 g/mol. The van der Waals surface area contributed by atoms with Crippen LogP contribution in [0.2, 0.25) is 0 Å². The van der Waals surface area contributed by atoms with Crippen LogP contribution in [0.4, 0.5) is 5.69 Å². The van der Waals surface area contributed by atoms with Crippen molar-refractivity contribution in [2.24, 2.45) is 0 Å². The Morgan fingerprint density at radius 1 is 1.15 bits per heavy atom. The number of hydrogen-bond acceptors (Lipinski definition) is 3. The fraction of sp³-hybridized carbons (Fsp3) is 0.143. The number of benzene rings is 2. The second kappa shape index (κ2) is 8.52. The summed E-state index contributed by atoms with van der Waals surface area (Å²) in [5, 5.41) is 0. The zero-order valence-electron chi connectivity index (χ0n) is 14.6. The van der Waals surface area contributed by atoms with Gasteiger partial charge in [-0.05, 0) is 66.6 Å². The minimum Gasteiger partial charge on any atom is -0.311 e. The molecule has 2 aromatic carbocycles. The average Bonchev–Trinajstić information content (AvgIpc) is 2.68. The maximum Gasteiger partial charge on any atom is 0.258 e. The predicted octanol–water partition coefficient (Wildman–Crippen LogP) is 5.72. The summed E-state index contributed by atoms with van der Waals surface area (Å²) < 4.78 is 1.04. The SMILES string of the molecule is Cc1cc(N(C)C(=O)c2ccc(SCc3cccnc3)cc2)ccc1Br. The summed E-state index contributed by atoms with van der Waals surface area (Å²) in [6, 6.07) is 17.7. The first-order valence-electron chi connectivity index (χ1n) is 8.20. The lowest BCUT2D eigenvalue weighted by Gasteiger charge is -2.18. The van der Waals surface area contributed by atoms with Crippen LogP contribution in [-0.2, 0) is 5.75 Å². The van der Waals surface area contributed by atoms with Crippen LogP contribution in [0.25, 0.3) is 0 Å². The van der Waals surface area contributed by atoms with E-state index >= 15 is 0 Å². The first-order valence-corrected chi connectivity index (χ1v) is 9.98. The highest BCUT2D eigenvalue weighted by Crippen LogP contribution is 2.25. The molecule has 3 nitrogen and oxygen atoms in total. The fourth-order valence-corrected chi connectivity index (χ4v) is 3.57. The number of aryl methyl sites for hydroxylation is 1. The number of hydrogen-bond donors (Lipinski definition) is 0. The molecular formula is C21H19BrN2OS. The van der Waals surface area contributed by atoms with Crippen molar-refractivity contribution in [2.45, 2.75) is 17.6 Å². The van der Waals surface area contributed by atoms with Gasteiger partial charge in [0.2, 0.25) is 0 Å². The molecule has 0 saturated heterocycles. The maximum atomic E-state index is 12.7. The Bertz CT molecular complexity index is 898. The van der Waals surface area contributed by atoms with Crippen molar-refractivity contribution in [3.05, 3.63) is 88.2 Å². The summed E-state index contributed by atoms with van der Waals surface area (Å²) in [6.07, 6.45) is 3.65. The van der Waals surface area contributed by atoms with Crippen LogP contribution < -0.4 is 4.90 Å². The average molecular weight is 427 g/mol. The van der Waals surface area contributed by atoms with Gasteiger partial charge in [-0.15, -0.1) is 11.8 Å². The van der Waals surface area contributed by atoms with E-state index in [-0.39, 0.29) is 5.91 Å². The summed E-state index contributed by atoms with van der Waals surface area (Å²) in [4.78, 5) is 19.7. The van der Waals surface area contributed by atoms with Gasteiger partial charge < -0.3 is 4.90 Å². The molecule has 0 spiro atoms. The zero-order chi connectivity index (χ0) is 18.5. The van der Waals surface area contributed by atoms with Gasteiger partial charge in [-0.2, -0.15) is 0 Å². The number of anilines is 1.